The Hall–Kier alpha value is -3.23. The number of nitrogens with one attached hydrogen (secondary N) is 3. The number of hydrogen-bond acceptors (Lipinski definition) is 6. The maximum Gasteiger partial charge on any atom is 0.269 e. The predicted molar refractivity (Wildman–Crippen MR) is 80.6 cm³/mol. The van der Waals surface area contributed by atoms with E-state index in [9.17, 15) is 4.79 Å². The fourth-order valence-corrected chi connectivity index (χ4v) is 2.06. The van der Waals surface area contributed by atoms with Crippen molar-refractivity contribution in [3.8, 4) is 17.0 Å². The number of benzene rings is 1. The zero-order chi connectivity index (χ0) is 16.2. The zero-order valence-electron chi connectivity index (χ0n) is 12.6. The first-order valence-electron chi connectivity index (χ1n) is 6.91. The van der Waals surface area contributed by atoms with E-state index in [1.807, 2.05) is 24.3 Å². The number of H-pyrrole nitrogens is 2. The van der Waals surface area contributed by atoms with Crippen LogP contribution < -0.4 is 10.1 Å². The van der Waals surface area contributed by atoms with Gasteiger partial charge < -0.3 is 10.1 Å². The SMILES string of the molecule is COc1cccc(-c2cc(C(=O)N[C@H](C)c3nn[nH]n3)[nH]n2)c1. The van der Waals surface area contributed by atoms with E-state index in [-0.39, 0.29) is 11.9 Å². The van der Waals surface area contributed by atoms with Crippen LogP contribution in [0.15, 0.2) is 30.3 Å². The summed E-state index contributed by atoms with van der Waals surface area (Å²) >= 11 is 0. The van der Waals surface area contributed by atoms with Crippen molar-refractivity contribution in [3.05, 3.63) is 41.9 Å². The van der Waals surface area contributed by atoms with E-state index >= 15 is 0 Å². The number of aromatic amines is 2. The number of carbonyl (C=O) groups is 1. The van der Waals surface area contributed by atoms with E-state index in [1.165, 1.54) is 0 Å². The third-order valence-electron chi connectivity index (χ3n) is 3.28. The van der Waals surface area contributed by atoms with Crippen molar-refractivity contribution in [1.29, 1.82) is 0 Å². The highest BCUT2D eigenvalue weighted by Gasteiger charge is 2.17. The fraction of sp³-hybridized carbons (Fsp3) is 0.214. The van der Waals surface area contributed by atoms with Crippen molar-refractivity contribution in [2.75, 3.05) is 7.11 Å². The number of methoxy groups -OCH3 is 1. The maximum absolute atomic E-state index is 12.2. The quantitative estimate of drug-likeness (QED) is 0.648. The first-order chi connectivity index (χ1) is 11.2. The molecular weight excluding hydrogens is 298 g/mol. The van der Waals surface area contributed by atoms with Crippen LogP contribution >= 0.6 is 0 Å². The van der Waals surface area contributed by atoms with E-state index in [2.05, 4.69) is 36.1 Å². The molecule has 0 aliphatic rings. The van der Waals surface area contributed by atoms with Crippen LogP contribution in [0.4, 0.5) is 0 Å². The lowest BCUT2D eigenvalue weighted by molar-refractivity contribution is 0.0933. The van der Waals surface area contributed by atoms with Gasteiger partial charge in [0.05, 0.1) is 18.8 Å². The Morgan fingerprint density at radius 2 is 2.17 bits per heavy atom. The summed E-state index contributed by atoms with van der Waals surface area (Å²) in [5.41, 5.74) is 1.85. The van der Waals surface area contributed by atoms with Crippen molar-refractivity contribution in [2.24, 2.45) is 0 Å². The van der Waals surface area contributed by atoms with E-state index in [0.717, 1.165) is 11.3 Å². The van der Waals surface area contributed by atoms with Crippen LogP contribution in [0.5, 0.6) is 5.75 Å². The number of nitrogens with zero attached hydrogens (tertiary/aromatic N) is 4. The second-order valence-corrected chi connectivity index (χ2v) is 4.86. The molecule has 9 nitrogen and oxygen atoms in total. The molecule has 0 bridgehead atoms. The van der Waals surface area contributed by atoms with Gasteiger partial charge in [-0.3, -0.25) is 9.89 Å². The lowest BCUT2D eigenvalue weighted by Gasteiger charge is -2.08. The molecule has 3 rings (SSSR count). The van der Waals surface area contributed by atoms with Gasteiger partial charge in [0.25, 0.3) is 5.91 Å². The molecule has 23 heavy (non-hydrogen) atoms. The number of rotatable bonds is 5. The monoisotopic (exact) mass is 313 g/mol. The molecule has 0 aliphatic carbocycles. The molecule has 0 unspecified atom stereocenters. The molecule has 9 heteroatoms. The summed E-state index contributed by atoms with van der Waals surface area (Å²) in [5.74, 6) is 0.831. The number of amides is 1. The first-order valence-corrected chi connectivity index (χ1v) is 6.91. The number of hydrogen-bond donors (Lipinski definition) is 3. The van der Waals surface area contributed by atoms with Gasteiger partial charge in [0.1, 0.15) is 11.4 Å². The van der Waals surface area contributed by atoms with Crippen molar-refractivity contribution >= 4 is 5.91 Å². The van der Waals surface area contributed by atoms with E-state index in [0.29, 0.717) is 17.2 Å². The summed E-state index contributed by atoms with van der Waals surface area (Å²) in [4.78, 5) is 12.2. The van der Waals surface area contributed by atoms with E-state index < -0.39 is 0 Å². The molecule has 1 amide bonds. The summed E-state index contributed by atoms with van der Waals surface area (Å²) in [6.45, 7) is 1.77. The summed E-state index contributed by atoms with van der Waals surface area (Å²) in [6.07, 6.45) is 0. The Kier molecular flexibility index (Phi) is 4.00. The zero-order valence-corrected chi connectivity index (χ0v) is 12.6. The summed E-state index contributed by atoms with van der Waals surface area (Å²) < 4.78 is 5.18. The fourth-order valence-electron chi connectivity index (χ4n) is 2.06. The van der Waals surface area contributed by atoms with Crippen molar-refractivity contribution in [3.63, 3.8) is 0 Å². The second-order valence-electron chi connectivity index (χ2n) is 4.86. The van der Waals surface area contributed by atoms with Gasteiger partial charge in [0.15, 0.2) is 5.82 Å². The maximum atomic E-state index is 12.2. The summed E-state index contributed by atoms with van der Waals surface area (Å²) in [6, 6.07) is 8.75. The lowest BCUT2D eigenvalue weighted by atomic mass is 10.1. The minimum absolute atomic E-state index is 0.302. The van der Waals surface area contributed by atoms with Crippen LogP contribution in [-0.2, 0) is 0 Å². The third kappa shape index (κ3) is 3.18. The molecule has 118 valence electrons. The molecule has 0 aliphatic heterocycles. The molecule has 1 atom stereocenters. The highest BCUT2D eigenvalue weighted by atomic mass is 16.5. The standard InChI is InChI=1S/C14H15N7O2/c1-8(13-18-20-21-19-13)15-14(22)12-7-11(16-17-12)9-4-3-5-10(6-9)23-2/h3-8H,1-2H3,(H,15,22)(H,16,17)(H,18,19,20,21)/t8-/m1/s1. The number of tetrazole rings is 1. The molecule has 1 aromatic carbocycles. The Bertz CT molecular complexity index is 797. The minimum Gasteiger partial charge on any atom is -0.497 e. The molecule has 2 heterocycles. The van der Waals surface area contributed by atoms with Gasteiger partial charge in [-0.05, 0) is 25.1 Å². The third-order valence-corrected chi connectivity index (χ3v) is 3.28. The molecule has 0 radical (unpaired) electrons. The number of aromatic nitrogens is 6. The average Bonchev–Trinajstić information content (AvgIpc) is 3.26. The molecule has 2 aromatic heterocycles. The van der Waals surface area contributed by atoms with Crippen molar-refractivity contribution in [1.82, 2.24) is 36.1 Å². The molecule has 0 saturated heterocycles. The Morgan fingerprint density at radius 3 is 2.91 bits per heavy atom. The van der Waals surface area contributed by atoms with Crippen LogP contribution in [0.2, 0.25) is 0 Å². The van der Waals surface area contributed by atoms with Crippen LogP contribution in [0.3, 0.4) is 0 Å². The van der Waals surface area contributed by atoms with Gasteiger partial charge in [-0.15, -0.1) is 10.2 Å². The number of carbonyl (C=O) groups excluding carboxylic acids is 1. The van der Waals surface area contributed by atoms with Crippen LogP contribution in [0, 0.1) is 0 Å². The average molecular weight is 313 g/mol. The molecular formula is C14H15N7O2. The van der Waals surface area contributed by atoms with E-state index in [4.69, 9.17) is 4.74 Å². The summed E-state index contributed by atoms with van der Waals surface area (Å²) in [5, 5.41) is 23.1. The molecule has 0 fully saturated rings. The van der Waals surface area contributed by atoms with E-state index in [1.54, 1.807) is 20.1 Å². The number of ether oxygens (including phenoxy) is 1. The smallest absolute Gasteiger partial charge is 0.269 e. The van der Waals surface area contributed by atoms with Gasteiger partial charge in [0.2, 0.25) is 0 Å². The topological polar surface area (TPSA) is 121 Å². The predicted octanol–water partition coefficient (Wildman–Crippen LogP) is 1.09. The highest BCUT2D eigenvalue weighted by molar-refractivity contribution is 5.93. The molecule has 0 spiro atoms. The van der Waals surface area contributed by atoms with Gasteiger partial charge in [-0.25, -0.2) is 0 Å². The Balaban J connectivity index is 1.74. The Labute approximate surface area is 131 Å². The van der Waals surface area contributed by atoms with Gasteiger partial charge in [-0.1, -0.05) is 17.3 Å². The second kappa shape index (κ2) is 6.26. The van der Waals surface area contributed by atoms with Gasteiger partial charge in [0, 0.05) is 5.56 Å². The molecule has 3 aromatic rings. The minimum atomic E-state index is -0.371. The molecule has 0 saturated carbocycles. The van der Waals surface area contributed by atoms with Gasteiger partial charge >= 0.3 is 0 Å². The lowest BCUT2D eigenvalue weighted by Crippen LogP contribution is -2.27. The highest BCUT2D eigenvalue weighted by Crippen LogP contribution is 2.22. The summed E-state index contributed by atoms with van der Waals surface area (Å²) in [7, 11) is 1.60. The first kappa shape index (κ1) is 14.7. The van der Waals surface area contributed by atoms with Crippen molar-refractivity contribution in [2.45, 2.75) is 13.0 Å². The van der Waals surface area contributed by atoms with Crippen LogP contribution in [0.25, 0.3) is 11.3 Å². The largest absolute Gasteiger partial charge is 0.497 e. The normalized spacial score (nSPS) is 11.9. The molecule has 3 N–H and O–H groups in total. The van der Waals surface area contributed by atoms with Crippen LogP contribution in [0.1, 0.15) is 29.3 Å². The van der Waals surface area contributed by atoms with Crippen LogP contribution in [-0.4, -0.2) is 43.8 Å². The Morgan fingerprint density at radius 1 is 1.30 bits per heavy atom. The van der Waals surface area contributed by atoms with Gasteiger partial charge in [-0.2, -0.15) is 10.3 Å². The van der Waals surface area contributed by atoms with Crippen molar-refractivity contribution < 1.29 is 9.53 Å².